The molecule has 3 aromatic rings. The van der Waals surface area contributed by atoms with E-state index in [0.29, 0.717) is 33.7 Å². The highest BCUT2D eigenvalue weighted by Gasteiger charge is 2.33. The Labute approximate surface area is 205 Å². The number of hydrogen-bond donors (Lipinski definition) is 1. The molecule has 3 aromatic carbocycles. The molecular weight excluding hydrogens is 503 g/mol. The van der Waals surface area contributed by atoms with Gasteiger partial charge in [-0.3, -0.25) is 9.69 Å². The van der Waals surface area contributed by atoms with Crippen molar-refractivity contribution in [2.24, 2.45) is 0 Å². The van der Waals surface area contributed by atoms with E-state index in [4.69, 9.17) is 9.47 Å². The van der Waals surface area contributed by atoms with Crippen LogP contribution in [-0.2, 0) is 17.9 Å². The summed E-state index contributed by atoms with van der Waals surface area (Å²) in [4.78, 5) is 26.4. The van der Waals surface area contributed by atoms with E-state index in [9.17, 15) is 14.0 Å². The zero-order chi connectivity index (χ0) is 24.1. The van der Waals surface area contributed by atoms with Crippen LogP contribution in [0, 0.1) is 5.82 Å². The Morgan fingerprint density at radius 3 is 2.44 bits per heavy atom. The largest absolute Gasteiger partial charge is 0.490 e. The van der Waals surface area contributed by atoms with Crippen LogP contribution in [0.1, 0.15) is 23.6 Å². The number of benzene rings is 3. The van der Waals surface area contributed by atoms with Gasteiger partial charge < -0.3 is 14.8 Å². The first-order chi connectivity index (χ1) is 16.5. The smallest absolute Gasteiger partial charge is 0.329 e. The van der Waals surface area contributed by atoms with Gasteiger partial charge in [0.1, 0.15) is 18.1 Å². The highest BCUT2D eigenvalue weighted by Crippen LogP contribution is 2.36. The second kappa shape index (κ2) is 10.5. The molecule has 34 heavy (non-hydrogen) atoms. The second-order valence-corrected chi connectivity index (χ2v) is 8.35. The molecule has 1 aliphatic heterocycles. The third kappa shape index (κ3) is 5.28. The molecule has 0 spiro atoms. The summed E-state index contributed by atoms with van der Waals surface area (Å²) in [7, 11) is 0. The molecule has 1 fully saturated rings. The van der Waals surface area contributed by atoms with Crippen molar-refractivity contribution in [2.75, 3.05) is 6.61 Å². The Hall–Kier alpha value is -3.65. The lowest BCUT2D eigenvalue weighted by Gasteiger charge is -2.14. The van der Waals surface area contributed by atoms with Crippen LogP contribution >= 0.6 is 15.9 Å². The third-order valence-electron chi connectivity index (χ3n) is 5.15. The molecule has 0 aromatic heterocycles. The number of nitrogens with zero attached hydrogens (tertiary/aromatic N) is 1. The summed E-state index contributed by atoms with van der Waals surface area (Å²) in [6, 6.07) is 18.6. The van der Waals surface area contributed by atoms with Gasteiger partial charge in [-0.15, -0.1) is 0 Å². The quantitative estimate of drug-likeness (QED) is 0.305. The Bertz CT molecular complexity index is 1250. The molecule has 1 aliphatic rings. The first-order valence-corrected chi connectivity index (χ1v) is 11.5. The molecule has 4 rings (SSSR count). The topological polar surface area (TPSA) is 67.9 Å². The summed E-state index contributed by atoms with van der Waals surface area (Å²) in [5, 5.41) is 2.63. The maximum Gasteiger partial charge on any atom is 0.329 e. The van der Waals surface area contributed by atoms with Crippen molar-refractivity contribution in [1.29, 1.82) is 0 Å². The van der Waals surface area contributed by atoms with Crippen LogP contribution in [0.3, 0.4) is 0 Å². The number of nitrogens with one attached hydrogen (secondary N) is 1. The summed E-state index contributed by atoms with van der Waals surface area (Å²) in [6.07, 6.45) is 1.58. The van der Waals surface area contributed by atoms with Crippen LogP contribution in [0.5, 0.6) is 11.5 Å². The molecule has 0 saturated carbocycles. The van der Waals surface area contributed by atoms with Crippen molar-refractivity contribution in [2.45, 2.75) is 20.1 Å². The van der Waals surface area contributed by atoms with Crippen LogP contribution in [0.4, 0.5) is 9.18 Å². The van der Waals surface area contributed by atoms with Crippen LogP contribution in [0.2, 0.25) is 0 Å². The predicted molar refractivity (Wildman–Crippen MR) is 130 cm³/mol. The number of carbonyl (C=O) groups is 2. The van der Waals surface area contributed by atoms with Crippen molar-refractivity contribution in [1.82, 2.24) is 10.2 Å². The zero-order valence-corrected chi connectivity index (χ0v) is 20.0. The van der Waals surface area contributed by atoms with Crippen molar-refractivity contribution < 1.29 is 23.5 Å². The van der Waals surface area contributed by atoms with Crippen LogP contribution in [-0.4, -0.2) is 23.4 Å². The molecule has 6 nitrogen and oxygen atoms in total. The lowest BCUT2D eigenvalue weighted by molar-refractivity contribution is -0.123. The Morgan fingerprint density at radius 1 is 1.00 bits per heavy atom. The molecular formula is C26H22BrFN2O4. The van der Waals surface area contributed by atoms with E-state index in [1.807, 2.05) is 37.3 Å². The highest BCUT2D eigenvalue weighted by molar-refractivity contribution is 9.10. The van der Waals surface area contributed by atoms with Gasteiger partial charge in [0.2, 0.25) is 0 Å². The van der Waals surface area contributed by atoms with Gasteiger partial charge in [0, 0.05) is 10.0 Å². The van der Waals surface area contributed by atoms with Crippen molar-refractivity contribution in [3.05, 3.63) is 99.4 Å². The second-order valence-electron chi connectivity index (χ2n) is 7.50. The first kappa shape index (κ1) is 23.5. The fraction of sp³-hybridized carbons (Fsp3) is 0.154. The van der Waals surface area contributed by atoms with Crippen molar-refractivity contribution >= 4 is 33.9 Å². The van der Waals surface area contributed by atoms with Crippen LogP contribution < -0.4 is 14.8 Å². The predicted octanol–water partition coefficient (Wildman–Crippen LogP) is 5.66. The summed E-state index contributed by atoms with van der Waals surface area (Å²) in [5.74, 6) is 0.0911. The molecule has 3 amide bonds. The summed E-state index contributed by atoms with van der Waals surface area (Å²) >= 11 is 3.49. The molecule has 0 aliphatic carbocycles. The number of amides is 3. The summed E-state index contributed by atoms with van der Waals surface area (Å²) in [6.45, 7) is 2.43. The maximum atomic E-state index is 14.0. The molecule has 174 valence electrons. The standard InChI is InChI=1S/C26H22BrFN2O4/c1-2-33-23-13-19(20(27)14-24(23)34-16-18-10-6-7-11-21(18)28)12-22-25(31)30(26(32)29-22)15-17-8-4-3-5-9-17/h3-14H,2,15-16H2,1H3,(H,29,32)/b22-12+. The van der Waals surface area contributed by atoms with E-state index >= 15 is 0 Å². The fourth-order valence-corrected chi connectivity index (χ4v) is 3.89. The van der Waals surface area contributed by atoms with E-state index in [0.717, 1.165) is 10.5 Å². The zero-order valence-electron chi connectivity index (χ0n) is 18.4. The Balaban J connectivity index is 1.56. The Morgan fingerprint density at radius 2 is 1.71 bits per heavy atom. The molecule has 1 saturated heterocycles. The normalized spacial score (nSPS) is 14.4. The highest BCUT2D eigenvalue weighted by atomic mass is 79.9. The molecule has 1 N–H and O–H groups in total. The van der Waals surface area contributed by atoms with E-state index in [-0.39, 0.29) is 24.7 Å². The molecule has 0 unspecified atom stereocenters. The average molecular weight is 525 g/mol. The van der Waals surface area contributed by atoms with Gasteiger partial charge >= 0.3 is 6.03 Å². The van der Waals surface area contributed by atoms with Crippen LogP contribution in [0.15, 0.2) is 76.9 Å². The molecule has 8 heteroatoms. The van der Waals surface area contributed by atoms with Gasteiger partial charge in [-0.25, -0.2) is 9.18 Å². The minimum atomic E-state index is -0.480. The minimum Gasteiger partial charge on any atom is -0.490 e. The van der Waals surface area contributed by atoms with E-state index in [2.05, 4.69) is 21.2 Å². The molecule has 0 atom stereocenters. The number of rotatable bonds is 8. The van der Waals surface area contributed by atoms with E-state index in [1.54, 1.807) is 36.4 Å². The van der Waals surface area contributed by atoms with Gasteiger partial charge in [-0.1, -0.05) is 64.5 Å². The summed E-state index contributed by atoms with van der Waals surface area (Å²) < 4.78 is 26.1. The number of imide groups is 1. The van der Waals surface area contributed by atoms with Gasteiger partial charge in [0.15, 0.2) is 11.5 Å². The average Bonchev–Trinajstić information content (AvgIpc) is 3.09. The number of ether oxygens (including phenoxy) is 2. The van der Waals surface area contributed by atoms with Gasteiger partial charge in [0.25, 0.3) is 5.91 Å². The van der Waals surface area contributed by atoms with Crippen LogP contribution in [0.25, 0.3) is 6.08 Å². The van der Waals surface area contributed by atoms with Crippen molar-refractivity contribution in [3.8, 4) is 11.5 Å². The molecule has 0 radical (unpaired) electrons. The number of halogens is 2. The van der Waals surface area contributed by atoms with Gasteiger partial charge in [-0.2, -0.15) is 0 Å². The van der Waals surface area contributed by atoms with E-state index < -0.39 is 11.9 Å². The molecule has 0 bridgehead atoms. The minimum absolute atomic E-state index is 0.0304. The monoisotopic (exact) mass is 524 g/mol. The Kier molecular flexibility index (Phi) is 7.27. The number of urea groups is 1. The lowest BCUT2D eigenvalue weighted by Crippen LogP contribution is -2.30. The third-order valence-corrected chi connectivity index (χ3v) is 5.84. The summed E-state index contributed by atoms with van der Waals surface area (Å²) in [5.41, 5.74) is 2.05. The molecule has 1 heterocycles. The number of carbonyl (C=O) groups excluding carboxylic acids is 2. The van der Waals surface area contributed by atoms with E-state index in [1.165, 1.54) is 6.07 Å². The number of hydrogen-bond acceptors (Lipinski definition) is 4. The van der Waals surface area contributed by atoms with Gasteiger partial charge in [-0.05, 0) is 42.3 Å². The lowest BCUT2D eigenvalue weighted by atomic mass is 10.1. The first-order valence-electron chi connectivity index (χ1n) is 10.7. The SMILES string of the molecule is CCOc1cc(/C=C2/NC(=O)N(Cc3ccccc3)C2=O)c(Br)cc1OCc1ccccc1F. The van der Waals surface area contributed by atoms with Crippen molar-refractivity contribution in [3.63, 3.8) is 0 Å². The fourth-order valence-electron chi connectivity index (χ4n) is 3.45. The maximum absolute atomic E-state index is 14.0. The van der Waals surface area contributed by atoms with Gasteiger partial charge in [0.05, 0.1) is 13.2 Å².